The van der Waals surface area contributed by atoms with Gasteiger partial charge in [-0.05, 0) is 33.8 Å². The molecule has 1 saturated heterocycles. The highest BCUT2D eigenvalue weighted by Crippen LogP contribution is 2.43. The van der Waals surface area contributed by atoms with E-state index in [-0.39, 0.29) is 17.5 Å². The molecule has 78 valence electrons. The van der Waals surface area contributed by atoms with E-state index in [0.29, 0.717) is 0 Å². The number of nitrogens with one attached hydrogen (secondary N) is 1. The van der Waals surface area contributed by atoms with Crippen LogP contribution in [0.15, 0.2) is 12.3 Å². The van der Waals surface area contributed by atoms with Gasteiger partial charge in [-0.1, -0.05) is 0 Å². The summed E-state index contributed by atoms with van der Waals surface area (Å²) in [5.74, 6) is 0. The highest BCUT2D eigenvalue weighted by molar-refractivity contribution is 5.05. The molecule has 0 spiro atoms. The normalized spacial score (nSPS) is 25.4. The van der Waals surface area contributed by atoms with E-state index < -0.39 is 0 Å². The lowest BCUT2D eigenvalue weighted by atomic mass is 9.90. The van der Waals surface area contributed by atoms with Crippen molar-refractivity contribution in [2.75, 3.05) is 0 Å². The van der Waals surface area contributed by atoms with Crippen molar-refractivity contribution >= 4 is 0 Å². The first-order valence-corrected chi connectivity index (χ1v) is 4.77. The third-order valence-electron chi connectivity index (χ3n) is 3.03. The second-order valence-electron chi connectivity index (χ2n) is 4.60. The van der Waals surface area contributed by atoms with Crippen LogP contribution < -0.4 is 0 Å². The zero-order chi connectivity index (χ0) is 10.4. The molecule has 1 aliphatic heterocycles. The summed E-state index contributed by atoms with van der Waals surface area (Å²) in [5, 5.41) is 6.73. The molecule has 1 N–H and O–H groups in total. The van der Waals surface area contributed by atoms with Gasteiger partial charge in [0.1, 0.15) is 0 Å². The van der Waals surface area contributed by atoms with E-state index in [1.807, 2.05) is 33.8 Å². The van der Waals surface area contributed by atoms with Crippen molar-refractivity contribution in [2.45, 2.75) is 45.2 Å². The molecule has 0 unspecified atom stereocenters. The zero-order valence-corrected chi connectivity index (χ0v) is 9.00. The van der Waals surface area contributed by atoms with Gasteiger partial charge in [0, 0.05) is 6.20 Å². The Hall–Kier alpha value is -0.870. The molecule has 1 fully saturated rings. The summed E-state index contributed by atoms with van der Waals surface area (Å²) in [6.07, 6.45) is 1.36. The monoisotopic (exact) mass is 196 g/mol. The van der Waals surface area contributed by atoms with E-state index in [1.165, 1.54) is 0 Å². The minimum atomic E-state index is -0.331. The summed E-state index contributed by atoms with van der Waals surface area (Å²) in [5.41, 5.74) is 0.287. The van der Waals surface area contributed by atoms with Crippen LogP contribution in [0.25, 0.3) is 0 Å². The van der Waals surface area contributed by atoms with Crippen LogP contribution in [0.5, 0.6) is 0 Å². The first kappa shape index (κ1) is 9.68. The number of nitrogens with zero attached hydrogens (tertiary/aromatic N) is 1. The molecule has 0 amide bonds. The molecule has 0 aromatic carbocycles. The topological polar surface area (TPSA) is 47.1 Å². The van der Waals surface area contributed by atoms with E-state index in [0.717, 1.165) is 5.69 Å². The van der Waals surface area contributed by atoms with Crippen molar-refractivity contribution < 1.29 is 9.47 Å². The van der Waals surface area contributed by atoms with Gasteiger partial charge in [-0.3, -0.25) is 5.10 Å². The quantitative estimate of drug-likeness (QED) is 0.747. The Labute approximate surface area is 83.6 Å². The maximum absolute atomic E-state index is 5.81. The van der Waals surface area contributed by atoms with Crippen LogP contribution in [0.1, 0.15) is 39.7 Å². The zero-order valence-electron chi connectivity index (χ0n) is 9.00. The standard InChI is InChI=1S/C10H16N2O2/c1-9(2)10(3,4)14-8(13-9)7-5-6-11-12-7/h5-6,8H,1-4H3,(H,11,12). The molecule has 0 bridgehead atoms. The molecular weight excluding hydrogens is 180 g/mol. The fourth-order valence-corrected chi connectivity index (χ4v) is 1.37. The Bertz CT molecular complexity index is 301. The van der Waals surface area contributed by atoms with Gasteiger partial charge in [-0.15, -0.1) is 0 Å². The number of hydrogen-bond donors (Lipinski definition) is 1. The van der Waals surface area contributed by atoms with E-state index >= 15 is 0 Å². The van der Waals surface area contributed by atoms with Gasteiger partial charge in [0.25, 0.3) is 0 Å². The summed E-state index contributed by atoms with van der Waals surface area (Å²) < 4.78 is 11.6. The van der Waals surface area contributed by atoms with Crippen molar-refractivity contribution in [3.8, 4) is 0 Å². The summed E-state index contributed by atoms with van der Waals surface area (Å²) in [6, 6.07) is 1.86. The lowest BCUT2D eigenvalue weighted by molar-refractivity contribution is -0.0923. The molecule has 14 heavy (non-hydrogen) atoms. The highest BCUT2D eigenvalue weighted by Gasteiger charge is 2.49. The first-order chi connectivity index (χ1) is 6.42. The third-order valence-corrected chi connectivity index (χ3v) is 3.03. The Balaban J connectivity index is 2.22. The van der Waals surface area contributed by atoms with Crippen molar-refractivity contribution in [3.05, 3.63) is 18.0 Å². The molecule has 4 heteroatoms. The molecule has 0 saturated carbocycles. The predicted molar refractivity (Wildman–Crippen MR) is 51.7 cm³/mol. The SMILES string of the molecule is CC1(C)OC(c2ccn[nH]2)OC1(C)C. The molecule has 2 heterocycles. The number of H-pyrrole nitrogens is 1. The van der Waals surface area contributed by atoms with Crippen LogP contribution in [0.2, 0.25) is 0 Å². The summed E-state index contributed by atoms with van der Waals surface area (Å²) >= 11 is 0. The highest BCUT2D eigenvalue weighted by atomic mass is 16.7. The summed E-state index contributed by atoms with van der Waals surface area (Å²) in [6.45, 7) is 8.12. The van der Waals surface area contributed by atoms with Crippen LogP contribution in [-0.2, 0) is 9.47 Å². The van der Waals surface area contributed by atoms with Crippen LogP contribution in [0.4, 0.5) is 0 Å². The lowest BCUT2D eigenvalue weighted by Crippen LogP contribution is -2.41. The lowest BCUT2D eigenvalue weighted by Gasteiger charge is -2.30. The minimum absolute atomic E-state index is 0.289. The van der Waals surface area contributed by atoms with Gasteiger partial charge in [0.15, 0.2) is 0 Å². The van der Waals surface area contributed by atoms with E-state index in [9.17, 15) is 0 Å². The number of aromatic amines is 1. The molecule has 0 radical (unpaired) electrons. The fourth-order valence-electron chi connectivity index (χ4n) is 1.37. The predicted octanol–water partition coefficient (Wildman–Crippen LogP) is 2.01. The van der Waals surface area contributed by atoms with Crippen molar-refractivity contribution in [1.82, 2.24) is 10.2 Å². The van der Waals surface area contributed by atoms with E-state index in [1.54, 1.807) is 6.20 Å². The minimum Gasteiger partial charge on any atom is -0.338 e. The average molecular weight is 196 g/mol. The maximum atomic E-state index is 5.81. The molecule has 0 aliphatic carbocycles. The van der Waals surface area contributed by atoms with Gasteiger partial charge >= 0.3 is 0 Å². The smallest absolute Gasteiger partial charge is 0.201 e. The van der Waals surface area contributed by atoms with Gasteiger partial charge in [-0.2, -0.15) is 5.10 Å². The van der Waals surface area contributed by atoms with Gasteiger partial charge in [-0.25, -0.2) is 0 Å². The Morgan fingerprint density at radius 2 is 1.79 bits per heavy atom. The maximum Gasteiger partial charge on any atom is 0.201 e. The number of aromatic nitrogens is 2. The third kappa shape index (κ3) is 1.35. The van der Waals surface area contributed by atoms with E-state index in [2.05, 4.69) is 10.2 Å². The summed E-state index contributed by atoms with van der Waals surface area (Å²) in [4.78, 5) is 0. The Kier molecular flexibility index (Phi) is 1.94. The molecule has 1 aromatic rings. The van der Waals surface area contributed by atoms with Gasteiger partial charge in [0.05, 0.1) is 16.9 Å². The Morgan fingerprint density at radius 3 is 2.21 bits per heavy atom. The second kappa shape index (κ2) is 2.81. The number of rotatable bonds is 1. The molecule has 4 nitrogen and oxygen atoms in total. The van der Waals surface area contributed by atoms with Crippen LogP contribution in [0.3, 0.4) is 0 Å². The molecule has 1 aliphatic rings. The van der Waals surface area contributed by atoms with Crippen LogP contribution in [0, 0.1) is 0 Å². The summed E-state index contributed by atoms with van der Waals surface area (Å²) in [7, 11) is 0. The molecule has 0 atom stereocenters. The second-order valence-corrected chi connectivity index (χ2v) is 4.60. The van der Waals surface area contributed by atoms with E-state index in [4.69, 9.17) is 9.47 Å². The largest absolute Gasteiger partial charge is 0.338 e. The Morgan fingerprint density at radius 1 is 1.21 bits per heavy atom. The number of hydrogen-bond acceptors (Lipinski definition) is 3. The van der Waals surface area contributed by atoms with Crippen molar-refractivity contribution in [3.63, 3.8) is 0 Å². The molecule has 1 aromatic heterocycles. The van der Waals surface area contributed by atoms with Crippen LogP contribution in [-0.4, -0.2) is 21.4 Å². The van der Waals surface area contributed by atoms with Gasteiger partial charge < -0.3 is 9.47 Å². The van der Waals surface area contributed by atoms with Crippen molar-refractivity contribution in [2.24, 2.45) is 0 Å². The van der Waals surface area contributed by atoms with Gasteiger partial charge in [0.2, 0.25) is 6.29 Å². The molecule has 2 rings (SSSR count). The van der Waals surface area contributed by atoms with Crippen LogP contribution >= 0.6 is 0 Å². The average Bonchev–Trinajstić information content (AvgIpc) is 2.58. The van der Waals surface area contributed by atoms with Crippen molar-refractivity contribution in [1.29, 1.82) is 0 Å². The first-order valence-electron chi connectivity index (χ1n) is 4.77. The fraction of sp³-hybridized carbons (Fsp3) is 0.700. The molecular formula is C10H16N2O2. The number of ether oxygens (including phenoxy) is 2.